The van der Waals surface area contributed by atoms with Crippen molar-refractivity contribution in [2.75, 3.05) is 5.73 Å². The van der Waals surface area contributed by atoms with Crippen LogP contribution in [0.1, 0.15) is 5.56 Å². The van der Waals surface area contributed by atoms with E-state index in [4.69, 9.17) is 10.2 Å². The predicted octanol–water partition coefficient (Wildman–Crippen LogP) is 1.71. The summed E-state index contributed by atoms with van der Waals surface area (Å²) >= 11 is 2.15. The maximum Gasteiger partial charge on any atom is 0.135 e. The lowest BCUT2D eigenvalue weighted by atomic mass is 10.3. The normalized spacial score (nSPS) is 10.5. The van der Waals surface area contributed by atoms with Gasteiger partial charge in [-0.15, -0.1) is 0 Å². The molecule has 2 aromatic heterocycles. The monoisotopic (exact) mass is 289 g/mol. The molecule has 2 rings (SSSR count). The number of halogens is 1. The fraction of sp³-hybridized carbons (Fsp3) is 0.125. The first kappa shape index (κ1) is 8.61. The van der Waals surface area contributed by atoms with E-state index >= 15 is 0 Å². The Balaban J connectivity index is 2.24. The van der Waals surface area contributed by atoms with Gasteiger partial charge in [-0.05, 0) is 28.7 Å². The van der Waals surface area contributed by atoms with Crippen molar-refractivity contribution in [2.24, 2.45) is 0 Å². The number of anilines is 1. The fourth-order valence-corrected chi connectivity index (χ4v) is 1.46. The number of nitrogens with zero attached hydrogens (tertiary/aromatic N) is 2. The van der Waals surface area contributed by atoms with Crippen LogP contribution in [0.15, 0.2) is 29.2 Å². The van der Waals surface area contributed by atoms with E-state index < -0.39 is 0 Å². The van der Waals surface area contributed by atoms with Gasteiger partial charge in [0.25, 0.3) is 0 Å². The van der Waals surface area contributed by atoms with Crippen molar-refractivity contribution < 1.29 is 4.42 Å². The van der Waals surface area contributed by atoms with Gasteiger partial charge in [-0.3, -0.25) is 0 Å². The van der Waals surface area contributed by atoms with Gasteiger partial charge in [0.15, 0.2) is 0 Å². The lowest BCUT2D eigenvalue weighted by Crippen LogP contribution is -2.05. The third-order valence-corrected chi connectivity index (χ3v) is 2.58. The lowest BCUT2D eigenvalue weighted by molar-refractivity contribution is 0.560. The Morgan fingerprint density at radius 3 is 3.00 bits per heavy atom. The number of nitrogens with two attached hydrogens (primary N) is 1. The van der Waals surface area contributed by atoms with Gasteiger partial charge in [-0.25, -0.2) is 4.68 Å². The maximum absolute atomic E-state index is 5.78. The quantitative estimate of drug-likeness (QED) is 0.856. The summed E-state index contributed by atoms with van der Waals surface area (Å²) in [5, 5.41) is 4.13. The molecule has 2 aromatic rings. The number of hydrogen-bond acceptors (Lipinski definition) is 3. The van der Waals surface area contributed by atoms with Gasteiger partial charge in [0.1, 0.15) is 5.82 Å². The van der Waals surface area contributed by atoms with Crippen LogP contribution >= 0.6 is 22.6 Å². The van der Waals surface area contributed by atoms with E-state index in [9.17, 15) is 0 Å². The molecule has 0 aliphatic carbocycles. The van der Waals surface area contributed by atoms with Crippen molar-refractivity contribution in [1.82, 2.24) is 9.78 Å². The van der Waals surface area contributed by atoms with E-state index in [1.165, 1.54) is 0 Å². The summed E-state index contributed by atoms with van der Waals surface area (Å²) in [6, 6.07) is 1.90. The van der Waals surface area contributed by atoms with E-state index in [-0.39, 0.29) is 0 Å². The van der Waals surface area contributed by atoms with Crippen LogP contribution in [0.5, 0.6) is 0 Å². The van der Waals surface area contributed by atoms with Gasteiger partial charge < -0.3 is 10.2 Å². The molecule has 0 radical (unpaired) electrons. The number of aromatic nitrogens is 2. The first-order valence-electron chi connectivity index (χ1n) is 3.75. The van der Waals surface area contributed by atoms with Crippen molar-refractivity contribution in [3.8, 4) is 0 Å². The summed E-state index contributed by atoms with van der Waals surface area (Å²) in [5.74, 6) is 0.696. The van der Waals surface area contributed by atoms with Gasteiger partial charge >= 0.3 is 0 Å². The Hall–Kier alpha value is -0.980. The van der Waals surface area contributed by atoms with E-state index in [1.807, 2.05) is 6.07 Å². The second-order valence-electron chi connectivity index (χ2n) is 2.67. The minimum Gasteiger partial charge on any atom is -0.472 e. The number of furan rings is 1. The van der Waals surface area contributed by atoms with Crippen LogP contribution in [-0.4, -0.2) is 9.78 Å². The topological polar surface area (TPSA) is 57.0 Å². The zero-order chi connectivity index (χ0) is 9.26. The number of rotatable bonds is 2. The van der Waals surface area contributed by atoms with E-state index in [2.05, 4.69) is 27.7 Å². The molecule has 68 valence electrons. The molecule has 5 heteroatoms. The van der Waals surface area contributed by atoms with Crippen LogP contribution < -0.4 is 5.73 Å². The molecule has 0 aromatic carbocycles. The standard InChI is InChI=1S/C8H8IN3O/c9-7-3-11-12(8(7)10)4-6-1-2-13-5-6/h1-3,5H,4,10H2. The predicted molar refractivity (Wildman–Crippen MR) is 57.2 cm³/mol. The largest absolute Gasteiger partial charge is 0.472 e. The van der Waals surface area contributed by atoms with Crippen LogP contribution in [0.25, 0.3) is 0 Å². The molecule has 2 N–H and O–H groups in total. The first-order chi connectivity index (χ1) is 6.27. The van der Waals surface area contributed by atoms with Crippen molar-refractivity contribution in [3.05, 3.63) is 33.9 Å². The van der Waals surface area contributed by atoms with Crippen molar-refractivity contribution in [2.45, 2.75) is 6.54 Å². The summed E-state index contributed by atoms with van der Waals surface area (Å²) in [7, 11) is 0. The zero-order valence-electron chi connectivity index (χ0n) is 6.77. The molecule has 0 saturated heterocycles. The maximum atomic E-state index is 5.78. The summed E-state index contributed by atoms with van der Waals surface area (Å²) in [4.78, 5) is 0. The molecule has 13 heavy (non-hydrogen) atoms. The van der Waals surface area contributed by atoms with Gasteiger partial charge in [0, 0.05) is 5.56 Å². The average molecular weight is 289 g/mol. The first-order valence-corrected chi connectivity index (χ1v) is 4.83. The van der Waals surface area contributed by atoms with Crippen LogP contribution in [0.3, 0.4) is 0 Å². The fourth-order valence-electron chi connectivity index (χ4n) is 1.05. The Morgan fingerprint density at radius 1 is 1.62 bits per heavy atom. The average Bonchev–Trinajstić information content (AvgIpc) is 2.71. The van der Waals surface area contributed by atoms with E-state index in [0.29, 0.717) is 12.4 Å². The van der Waals surface area contributed by atoms with Gasteiger partial charge in [-0.2, -0.15) is 5.10 Å². The van der Waals surface area contributed by atoms with E-state index in [1.54, 1.807) is 23.4 Å². The van der Waals surface area contributed by atoms with Gasteiger partial charge in [0.05, 0.1) is 28.8 Å². The Labute approximate surface area is 88.9 Å². The van der Waals surface area contributed by atoms with Crippen molar-refractivity contribution in [3.63, 3.8) is 0 Å². The number of nitrogen functional groups attached to an aromatic ring is 1. The smallest absolute Gasteiger partial charge is 0.135 e. The molecule has 2 heterocycles. The van der Waals surface area contributed by atoms with Crippen molar-refractivity contribution in [1.29, 1.82) is 0 Å². The third kappa shape index (κ3) is 1.69. The second-order valence-corrected chi connectivity index (χ2v) is 3.83. The van der Waals surface area contributed by atoms with Crippen LogP contribution in [-0.2, 0) is 6.54 Å². The molecule has 0 atom stereocenters. The molecule has 0 spiro atoms. The van der Waals surface area contributed by atoms with Gasteiger partial charge in [-0.1, -0.05) is 0 Å². The molecule has 0 fully saturated rings. The third-order valence-electron chi connectivity index (χ3n) is 1.75. The molecule has 0 aliphatic rings. The molecule has 0 bridgehead atoms. The Bertz CT molecular complexity index is 393. The molecular weight excluding hydrogens is 281 g/mol. The molecule has 0 unspecified atom stereocenters. The van der Waals surface area contributed by atoms with Crippen LogP contribution in [0.2, 0.25) is 0 Å². The molecule has 0 saturated carbocycles. The molecular formula is C8H8IN3O. The highest BCUT2D eigenvalue weighted by Crippen LogP contribution is 2.14. The highest BCUT2D eigenvalue weighted by atomic mass is 127. The highest BCUT2D eigenvalue weighted by molar-refractivity contribution is 14.1. The lowest BCUT2D eigenvalue weighted by Gasteiger charge is -2.00. The Kier molecular flexibility index (Phi) is 2.26. The van der Waals surface area contributed by atoms with E-state index in [0.717, 1.165) is 9.13 Å². The summed E-state index contributed by atoms with van der Waals surface area (Å²) < 4.78 is 7.67. The molecule has 0 aliphatic heterocycles. The second kappa shape index (κ2) is 3.41. The van der Waals surface area contributed by atoms with Crippen LogP contribution in [0.4, 0.5) is 5.82 Å². The zero-order valence-corrected chi connectivity index (χ0v) is 8.93. The Morgan fingerprint density at radius 2 is 2.46 bits per heavy atom. The summed E-state index contributed by atoms with van der Waals surface area (Å²) in [6.45, 7) is 0.658. The summed E-state index contributed by atoms with van der Waals surface area (Å²) in [6.07, 6.45) is 5.07. The minimum atomic E-state index is 0.658. The SMILES string of the molecule is Nc1c(I)cnn1Cc1ccoc1. The molecule has 4 nitrogen and oxygen atoms in total. The molecule has 0 amide bonds. The van der Waals surface area contributed by atoms with Crippen LogP contribution in [0, 0.1) is 3.57 Å². The summed E-state index contributed by atoms with van der Waals surface area (Å²) in [5.41, 5.74) is 6.84. The minimum absolute atomic E-state index is 0.658. The number of hydrogen-bond donors (Lipinski definition) is 1. The van der Waals surface area contributed by atoms with Gasteiger partial charge in [0.2, 0.25) is 0 Å². The van der Waals surface area contributed by atoms with Crippen molar-refractivity contribution >= 4 is 28.4 Å². The highest BCUT2D eigenvalue weighted by Gasteiger charge is 2.04.